The fourth-order valence-corrected chi connectivity index (χ4v) is 8.23. The average Bonchev–Trinajstić information content (AvgIpc) is 2.84. The molecule has 0 heteroatoms. The van der Waals surface area contributed by atoms with Gasteiger partial charge >= 0.3 is 0 Å². The van der Waals surface area contributed by atoms with Crippen molar-refractivity contribution in [1.82, 2.24) is 0 Å². The van der Waals surface area contributed by atoms with Crippen LogP contribution in [0.5, 0.6) is 0 Å². The molecule has 4 saturated carbocycles. The van der Waals surface area contributed by atoms with E-state index < -0.39 is 0 Å². The predicted octanol–water partition coefficient (Wildman–Crippen LogP) is 6.84. The molecule has 0 N–H and O–H groups in total. The van der Waals surface area contributed by atoms with Crippen molar-refractivity contribution >= 4 is 0 Å². The summed E-state index contributed by atoms with van der Waals surface area (Å²) in [5.41, 5.74) is 1.44. The lowest BCUT2D eigenvalue weighted by molar-refractivity contribution is -0.111. The molecular formula is C22H38. The maximum Gasteiger partial charge on any atom is -0.0266 e. The molecule has 0 aromatic rings. The van der Waals surface area contributed by atoms with Crippen molar-refractivity contribution in [3.05, 3.63) is 0 Å². The van der Waals surface area contributed by atoms with Crippen LogP contribution in [0.1, 0.15) is 97.8 Å². The molecule has 0 amide bonds. The molecule has 126 valence electrons. The summed E-state index contributed by atoms with van der Waals surface area (Å²) in [6.45, 7) is 7.82. The van der Waals surface area contributed by atoms with Gasteiger partial charge in [0.2, 0.25) is 0 Å². The fourth-order valence-electron chi connectivity index (χ4n) is 8.23. The van der Waals surface area contributed by atoms with Crippen LogP contribution in [0.25, 0.3) is 0 Å². The van der Waals surface area contributed by atoms with Gasteiger partial charge in [0.05, 0.1) is 0 Å². The van der Waals surface area contributed by atoms with Crippen molar-refractivity contribution in [2.75, 3.05) is 0 Å². The van der Waals surface area contributed by atoms with Crippen LogP contribution < -0.4 is 0 Å². The van der Waals surface area contributed by atoms with Gasteiger partial charge < -0.3 is 0 Å². The smallest absolute Gasteiger partial charge is 0.0266 e. The molecule has 0 bridgehead atoms. The first kappa shape index (κ1) is 15.5. The molecule has 4 aliphatic carbocycles. The van der Waals surface area contributed by atoms with E-state index in [1.807, 2.05) is 0 Å². The van der Waals surface area contributed by atoms with Crippen molar-refractivity contribution in [3.8, 4) is 0 Å². The van der Waals surface area contributed by atoms with Gasteiger partial charge in [0.25, 0.3) is 0 Å². The minimum Gasteiger partial charge on any atom is -0.0654 e. The van der Waals surface area contributed by atoms with Crippen molar-refractivity contribution in [3.63, 3.8) is 0 Å². The van der Waals surface area contributed by atoms with Gasteiger partial charge in [0.15, 0.2) is 0 Å². The fraction of sp³-hybridized carbons (Fsp3) is 1.00. The molecule has 0 aliphatic heterocycles. The van der Waals surface area contributed by atoms with E-state index in [9.17, 15) is 0 Å². The summed E-state index contributed by atoms with van der Waals surface area (Å²) in [5.74, 6) is 5.41. The zero-order valence-electron chi connectivity index (χ0n) is 15.4. The van der Waals surface area contributed by atoms with E-state index in [0.717, 1.165) is 40.4 Å². The number of rotatable bonds is 2. The molecule has 0 spiro atoms. The number of fused-ring (bicyclic) bond motifs is 5. The van der Waals surface area contributed by atoms with Crippen LogP contribution in [-0.4, -0.2) is 0 Å². The lowest BCUT2D eigenvalue weighted by Gasteiger charge is -2.60. The van der Waals surface area contributed by atoms with E-state index in [-0.39, 0.29) is 0 Å². The molecule has 4 aliphatic rings. The Kier molecular flexibility index (Phi) is 3.90. The Morgan fingerprint density at radius 3 is 2.41 bits per heavy atom. The van der Waals surface area contributed by atoms with Crippen LogP contribution >= 0.6 is 0 Å². The van der Waals surface area contributed by atoms with Crippen molar-refractivity contribution in [2.45, 2.75) is 97.8 Å². The second-order valence-corrected chi connectivity index (χ2v) is 10.0. The molecule has 0 radical (unpaired) electrons. The molecule has 0 heterocycles. The van der Waals surface area contributed by atoms with E-state index in [1.54, 1.807) is 51.4 Å². The minimum absolute atomic E-state index is 0.717. The van der Waals surface area contributed by atoms with Gasteiger partial charge in [-0.15, -0.1) is 0 Å². The summed E-state index contributed by atoms with van der Waals surface area (Å²) >= 11 is 0. The minimum atomic E-state index is 0.717. The van der Waals surface area contributed by atoms with E-state index in [4.69, 9.17) is 0 Å². The first-order valence-corrected chi connectivity index (χ1v) is 10.6. The highest BCUT2D eigenvalue weighted by atomic mass is 14.6. The van der Waals surface area contributed by atoms with Gasteiger partial charge in [0, 0.05) is 0 Å². The Morgan fingerprint density at radius 2 is 1.59 bits per heavy atom. The van der Waals surface area contributed by atoms with Gasteiger partial charge in [0.1, 0.15) is 0 Å². The second-order valence-electron chi connectivity index (χ2n) is 10.0. The maximum absolute atomic E-state index is 2.72. The zero-order valence-corrected chi connectivity index (χ0v) is 15.4. The Morgan fingerprint density at radius 1 is 0.773 bits per heavy atom. The lowest BCUT2D eigenvalue weighted by atomic mass is 9.45. The summed E-state index contributed by atoms with van der Waals surface area (Å²) < 4.78 is 0. The second kappa shape index (κ2) is 5.52. The predicted molar refractivity (Wildman–Crippen MR) is 94.7 cm³/mol. The molecule has 0 nitrogen and oxygen atoms in total. The van der Waals surface area contributed by atoms with E-state index >= 15 is 0 Å². The first-order chi connectivity index (χ1) is 10.6. The van der Waals surface area contributed by atoms with Crippen LogP contribution in [0.15, 0.2) is 0 Å². The maximum atomic E-state index is 2.72. The lowest BCUT2D eigenvalue weighted by Crippen LogP contribution is -2.52. The van der Waals surface area contributed by atoms with Crippen LogP contribution in [0.4, 0.5) is 0 Å². The summed E-state index contributed by atoms with van der Waals surface area (Å²) in [6, 6.07) is 0. The molecule has 4 fully saturated rings. The topological polar surface area (TPSA) is 0 Å². The molecule has 22 heavy (non-hydrogen) atoms. The Bertz CT molecular complexity index is 412. The molecular weight excluding hydrogens is 264 g/mol. The zero-order chi connectivity index (χ0) is 15.4. The Balaban J connectivity index is 1.59. The van der Waals surface area contributed by atoms with E-state index in [2.05, 4.69) is 20.8 Å². The monoisotopic (exact) mass is 302 g/mol. The quantitative estimate of drug-likeness (QED) is 0.524. The highest BCUT2D eigenvalue weighted by Gasteiger charge is 2.59. The molecule has 1 unspecified atom stereocenters. The third kappa shape index (κ3) is 2.07. The van der Waals surface area contributed by atoms with E-state index in [1.165, 1.54) is 25.7 Å². The average molecular weight is 303 g/mol. The van der Waals surface area contributed by atoms with E-state index in [0.29, 0.717) is 0 Å². The van der Waals surface area contributed by atoms with Gasteiger partial charge in [-0.25, -0.2) is 0 Å². The van der Waals surface area contributed by atoms with Crippen molar-refractivity contribution < 1.29 is 0 Å². The summed E-state index contributed by atoms with van der Waals surface area (Å²) in [4.78, 5) is 0. The normalized spacial score (nSPS) is 54.4. The van der Waals surface area contributed by atoms with Gasteiger partial charge in [-0.3, -0.25) is 0 Å². The SMILES string of the molecule is CCC[C@@H]1CC[C@H]2[C@@H]3CCC4CCCC[C@]4(C)[C@H]3CC[C@]12C. The third-order valence-corrected chi connectivity index (χ3v) is 9.42. The molecule has 0 aromatic heterocycles. The van der Waals surface area contributed by atoms with Gasteiger partial charge in [-0.1, -0.05) is 46.5 Å². The molecule has 4 rings (SSSR count). The molecule has 7 atom stereocenters. The molecule has 0 aromatic carbocycles. The summed E-state index contributed by atoms with van der Waals surface area (Å²) in [6.07, 6.45) is 18.5. The third-order valence-electron chi connectivity index (χ3n) is 9.42. The van der Waals surface area contributed by atoms with Crippen LogP contribution in [0.2, 0.25) is 0 Å². The standard InChI is InChI=1S/C22H38/c1-4-7-16-10-12-19-18-11-9-17-8-5-6-14-21(17,2)20(18)13-15-22(16,19)3/h16-20H,4-15H2,1-3H3/t16-,17?,18+,19+,20+,21+,22-/m1/s1. The molecule has 0 saturated heterocycles. The van der Waals surface area contributed by atoms with Crippen LogP contribution in [0, 0.1) is 40.4 Å². The van der Waals surface area contributed by atoms with Crippen molar-refractivity contribution in [1.29, 1.82) is 0 Å². The Hall–Kier alpha value is 0. The summed E-state index contributed by atoms with van der Waals surface area (Å²) in [7, 11) is 0. The first-order valence-electron chi connectivity index (χ1n) is 10.6. The largest absolute Gasteiger partial charge is 0.0654 e. The van der Waals surface area contributed by atoms with Crippen LogP contribution in [0.3, 0.4) is 0 Å². The summed E-state index contributed by atoms with van der Waals surface area (Å²) in [5, 5.41) is 0. The Labute approximate surface area is 138 Å². The number of hydrogen-bond acceptors (Lipinski definition) is 0. The van der Waals surface area contributed by atoms with Crippen LogP contribution in [-0.2, 0) is 0 Å². The van der Waals surface area contributed by atoms with Gasteiger partial charge in [-0.2, -0.15) is 0 Å². The van der Waals surface area contributed by atoms with Crippen molar-refractivity contribution in [2.24, 2.45) is 40.4 Å². The highest BCUT2D eigenvalue weighted by Crippen LogP contribution is 2.67. The highest BCUT2D eigenvalue weighted by molar-refractivity contribution is 5.08. The number of hydrogen-bond donors (Lipinski definition) is 0. The van der Waals surface area contributed by atoms with Gasteiger partial charge in [-0.05, 0) is 91.8 Å².